The first-order chi connectivity index (χ1) is 10.5. The molecule has 0 aliphatic rings. The molecule has 116 valence electrons. The summed E-state index contributed by atoms with van der Waals surface area (Å²) in [6, 6.07) is 11.2. The smallest absolute Gasteiger partial charge is 0.319 e. The Kier molecular flexibility index (Phi) is 5.12. The number of aliphatic hydroxyl groups excluding tert-OH is 1. The summed E-state index contributed by atoms with van der Waals surface area (Å²) in [5.74, 6) is -0.494. The number of amides is 2. The van der Waals surface area contributed by atoms with E-state index in [4.69, 9.17) is 0 Å². The Balaban J connectivity index is 1.91. The van der Waals surface area contributed by atoms with Crippen LogP contribution in [0.15, 0.2) is 42.5 Å². The van der Waals surface area contributed by atoms with Gasteiger partial charge in [-0.15, -0.1) is 0 Å². The predicted octanol–water partition coefficient (Wildman–Crippen LogP) is 3.30. The second-order valence-electron chi connectivity index (χ2n) is 5.25. The molecule has 0 radical (unpaired) electrons. The molecule has 0 heterocycles. The molecule has 5 heteroatoms. The van der Waals surface area contributed by atoms with Gasteiger partial charge >= 0.3 is 6.03 Å². The third kappa shape index (κ3) is 4.30. The monoisotopic (exact) mass is 302 g/mol. The summed E-state index contributed by atoms with van der Waals surface area (Å²) in [5, 5.41) is 15.1. The maximum atomic E-state index is 13.5. The first-order valence-electron chi connectivity index (χ1n) is 7.01. The van der Waals surface area contributed by atoms with Crippen molar-refractivity contribution in [3.05, 3.63) is 65.0 Å². The van der Waals surface area contributed by atoms with E-state index in [0.717, 1.165) is 11.1 Å². The Morgan fingerprint density at radius 3 is 2.45 bits per heavy atom. The van der Waals surface area contributed by atoms with Crippen LogP contribution in [0, 0.1) is 19.7 Å². The Labute approximate surface area is 129 Å². The molecule has 2 amide bonds. The van der Waals surface area contributed by atoms with Crippen molar-refractivity contribution in [2.24, 2.45) is 0 Å². The quantitative estimate of drug-likeness (QED) is 0.811. The van der Waals surface area contributed by atoms with Crippen LogP contribution in [-0.4, -0.2) is 17.7 Å². The van der Waals surface area contributed by atoms with Crippen molar-refractivity contribution in [3.63, 3.8) is 0 Å². The van der Waals surface area contributed by atoms with E-state index in [0.29, 0.717) is 5.69 Å². The van der Waals surface area contributed by atoms with Crippen LogP contribution in [0.4, 0.5) is 14.9 Å². The van der Waals surface area contributed by atoms with Crippen LogP contribution in [0.25, 0.3) is 0 Å². The standard InChI is InChI=1S/C17H19FN2O2/c1-11-7-12(2)9-13(8-11)20-17(22)19-10-16(21)14-5-3-4-6-15(14)18/h3-9,16,21H,10H2,1-2H3,(H2,19,20,22)/t16-/m0/s1. The zero-order valence-electron chi connectivity index (χ0n) is 12.6. The predicted molar refractivity (Wildman–Crippen MR) is 84.3 cm³/mol. The van der Waals surface area contributed by atoms with E-state index in [2.05, 4.69) is 10.6 Å². The average molecular weight is 302 g/mol. The molecule has 1 atom stereocenters. The summed E-state index contributed by atoms with van der Waals surface area (Å²) >= 11 is 0. The number of aliphatic hydroxyl groups is 1. The molecule has 0 saturated carbocycles. The summed E-state index contributed by atoms with van der Waals surface area (Å²) in [4.78, 5) is 11.8. The van der Waals surface area contributed by atoms with Crippen molar-refractivity contribution in [1.82, 2.24) is 5.32 Å². The number of rotatable bonds is 4. The summed E-state index contributed by atoms with van der Waals surface area (Å²) in [5.41, 5.74) is 2.92. The number of urea groups is 1. The number of anilines is 1. The summed E-state index contributed by atoms with van der Waals surface area (Å²) < 4.78 is 13.5. The van der Waals surface area contributed by atoms with E-state index in [9.17, 15) is 14.3 Å². The minimum atomic E-state index is -1.09. The molecule has 2 aromatic carbocycles. The number of benzene rings is 2. The van der Waals surface area contributed by atoms with Gasteiger partial charge in [0.1, 0.15) is 5.82 Å². The number of hydrogen-bond acceptors (Lipinski definition) is 2. The number of carbonyl (C=O) groups excluding carboxylic acids is 1. The minimum absolute atomic E-state index is 0.0719. The van der Waals surface area contributed by atoms with Crippen molar-refractivity contribution >= 4 is 11.7 Å². The van der Waals surface area contributed by atoms with E-state index < -0.39 is 18.0 Å². The Morgan fingerprint density at radius 2 is 1.82 bits per heavy atom. The highest BCUT2D eigenvalue weighted by molar-refractivity contribution is 5.89. The third-order valence-electron chi connectivity index (χ3n) is 3.20. The number of nitrogens with one attached hydrogen (secondary N) is 2. The van der Waals surface area contributed by atoms with Crippen molar-refractivity contribution in [2.45, 2.75) is 20.0 Å². The van der Waals surface area contributed by atoms with Gasteiger partial charge in [0.2, 0.25) is 0 Å². The lowest BCUT2D eigenvalue weighted by Gasteiger charge is -2.14. The minimum Gasteiger partial charge on any atom is -0.386 e. The lowest BCUT2D eigenvalue weighted by Crippen LogP contribution is -2.32. The van der Waals surface area contributed by atoms with Gasteiger partial charge in [0.15, 0.2) is 0 Å². The van der Waals surface area contributed by atoms with Crippen molar-refractivity contribution in [3.8, 4) is 0 Å². The molecule has 3 N–H and O–H groups in total. The Morgan fingerprint density at radius 1 is 1.18 bits per heavy atom. The van der Waals surface area contributed by atoms with Crippen molar-refractivity contribution in [1.29, 1.82) is 0 Å². The molecule has 0 unspecified atom stereocenters. The fourth-order valence-electron chi connectivity index (χ4n) is 2.27. The van der Waals surface area contributed by atoms with Gasteiger partial charge in [-0.2, -0.15) is 0 Å². The first-order valence-corrected chi connectivity index (χ1v) is 7.01. The summed E-state index contributed by atoms with van der Waals surface area (Å²) in [7, 11) is 0. The van der Waals surface area contributed by atoms with Crippen LogP contribution in [0.3, 0.4) is 0 Å². The fraction of sp³-hybridized carbons (Fsp3) is 0.235. The highest BCUT2D eigenvalue weighted by Gasteiger charge is 2.13. The molecule has 0 bridgehead atoms. The topological polar surface area (TPSA) is 61.4 Å². The van der Waals surface area contributed by atoms with E-state index in [1.54, 1.807) is 12.1 Å². The summed E-state index contributed by atoms with van der Waals surface area (Å²) in [6.07, 6.45) is -1.09. The van der Waals surface area contributed by atoms with E-state index in [1.165, 1.54) is 12.1 Å². The molecule has 0 saturated heterocycles. The Bertz CT molecular complexity index is 653. The molecule has 0 spiro atoms. The highest BCUT2D eigenvalue weighted by Crippen LogP contribution is 2.16. The van der Waals surface area contributed by atoms with E-state index in [-0.39, 0.29) is 12.1 Å². The number of aryl methyl sites for hydroxylation is 2. The number of carbonyl (C=O) groups is 1. The lowest BCUT2D eigenvalue weighted by molar-refractivity contribution is 0.170. The molecule has 0 aromatic heterocycles. The van der Waals surface area contributed by atoms with Crippen LogP contribution in [0.1, 0.15) is 22.8 Å². The zero-order chi connectivity index (χ0) is 16.1. The fourth-order valence-corrected chi connectivity index (χ4v) is 2.27. The molecule has 0 fully saturated rings. The molecule has 2 aromatic rings. The van der Waals surface area contributed by atoms with Crippen LogP contribution in [0.2, 0.25) is 0 Å². The zero-order valence-corrected chi connectivity index (χ0v) is 12.6. The first kappa shape index (κ1) is 16.0. The molecule has 4 nitrogen and oxygen atoms in total. The molecule has 0 aliphatic carbocycles. The van der Waals surface area contributed by atoms with Gasteiger partial charge in [-0.25, -0.2) is 9.18 Å². The van der Waals surface area contributed by atoms with E-state index >= 15 is 0 Å². The molecule has 22 heavy (non-hydrogen) atoms. The van der Waals surface area contributed by atoms with Crippen molar-refractivity contribution < 1.29 is 14.3 Å². The van der Waals surface area contributed by atoms with Crippen LogP contribution in [0.5, 0.6) is 0 Å². The van der Waals surface area contributed by atoms with E-state index in [1.807, 2.05) is 32.0 Å². The molecular weight excluding hydrogens is 283 g/mol. The van der Waals surface area contributed by atoms with Gasteiger partial charge in [0, 0.05) is 17.8 Å². The van der Waals surface area contributed by atoms with Crippen LogP contribution in [-0.2, 0) is 0 Å². The van der Waals surface area contributed by atoms with Crippen molar-refractivity contribution in [2.75, 3.05) is 11.9 Å². The normalized spacial score (nSPS) is 11.8. The SMILES string of the molecule is Cc1cc(C)cc(NC(=O)NC[C@H](O)c2ccccc2F)c1. The van der Waals surface area contributed by atoms with Gasteiger partial charge in [-0.1, -0.05) is 24.3 Å². The Hall–Kier alpha value is -2.40. The number of hydrogen-bond donors (Lipinski definition) is 3. The highest BCUT2D eigenvalue weighted by atomic mass is 19.1. The van der Waals surface area contributed by atoms with Gasteiger partial charge in [0.25, 0.3) is 0 Å². The second kappa shape index (κ2) is 7.04. The molecule has 0 aliphatic heterocycles. The molecular formula is C17H19FN2O2. The van der Waals surface area contributed by atoms with Crippen LogP contribution >= 0.6 is 0 Å². The number of halogens is 1. The maximum absolute atomic E-state index is 13.5. The maximum Gasteiger partial charge on any atom is 0.319 e. The second-order valence-corrected chi connectivity index (χ2v) is 5.25. The van der Waals surface area contributed by atoms with Gasteiger partial charge in [-0.3, -0.25) is 0 Å². The third-order valence-corrected chi connectivity index (χ3v) is 3.20. The summed E-state index contributed by atoms with van der Waals surface area (Å²) in [6.45, 7) is 3.81. The molecule has 2 rings (SSSR count). The largest absolute Gasteiger partial charge is 0.386 e. The van der Waals surface area contributed by atoms with Gasteiger partial charge < -0.3 is 15.7 Å². The van der Waals surface area contributed by atoms with Crippen LogP contribution < -0.4 is 10.6 Å². The van der Waals surface area contributed by atoms with Gasteiger partial charge in [0.05, 0.1) is 6.10 Å². The average Bonchev–Trinajstić information content (AvgIpc) is 2.44. The van der Waals surface area contributed by atoms with Gasteiger partial charge in [-0.05, 0) is 43.2 Å². The lowest BCUT2D eigenvalue weighted by atomic mass is 10.1.